The van der Waals surface area contributed by atoms with Crippen LogP contribution in [0.5, 0.6) is 0 Å². The van der Waals surface area contributed by atoms with E-state index in [0.29, 0.717) is 36.3 Å². The number of amides is 1. The van der Waals surface area contributed by atoms with Gasteiger partial charge in [0.15, 0.2) is 0 Å². The van der Waals surface area contributed by atoms with E-state index in [1.54, 1.807) is 6.07 Å². The Morgan fingerprint density at radius 3 is 2.65 bits per heavy atom. The van der Waals surface area contributed by atoms with Gasteiger partial charge in [-0.05, 0) is 29.7 Å². The number of benzene rings is 2. The minimum atomic E-state index is -0.0857. The molecule has 3 N–H and O–H groups in total. The van der Waals surface area contributed by atoms with Crippen LogP contribution in [0.15, 0.2) is 65.9 Å². The smallest absolute Gasteiger partial charge is 0.249 e. The molecule has 0 unspecified atom stereocenters. The second-order valence-electron chi connectivity index (χ2n) is 6.44. The quantitative estimate of drug-likeness (QED) is 0.870. The van der Waals surface area contributed by atoms with Crippen LogP contribution < -0.4 is 11.1 Å². The van der Waals surface area contributed by atoms with Crippen LogP contribution in [0, 0.1) is 11.3 Å². The maximum atomic E-state index is 12.4. The van der Waals surface area contributed by atoms with E-state index in [9.17, 15) is 4.79 Å². The first-order chi connectivity index (χ1) is 12.7. The molecule has 26 heavy (non-hydrogen) atoms. The summed E-state index contributed by atoms with van der Waals surface area (Å²) in [7, 11) is 0. The molecule has 1 aliphatic rings. The predicted molar refractivity (Wildman–Crippen MR) is 101 cm³/mol. The SMILES string of the molecule is N#Cc1cccc(CN2CCC(C(=O)NCc3ccccc3)=C(N)C2)c1. The van der Waals surface area contributed by atoms with Gasteiger partial charge >= 0.3 is 0 Å². The van der Waals surface area contributed by atoms with E-state index in [0.717, 1.165) is 24.2 Å². The van der Waals surface area contributed by atoms with Crippen molar-refractivity contribution < 1.29 is 4.79 Å². The van der Waals surface area contributed by atoms with Gasteiger partial charge in [0, 0.05) is 37.4 Å². The monoisotopic (exact) mass is 346 g/mol. The zero-order valence-electron chi connectivity index (χ0n) is 14.6. The molecule has 0 atom stereocenters. The first kappa shape index (κ1) is 17.7. The number of hydrogen-bond donors (Lipinski definition) is 2. The number of nitrogens with two attached hydrogens (primary N) is 1. The van der Waals surface area contributed by atoms with Crippen molar-refractivity contribution in [3.05, 3.63) is 82.6 Å². The van der Waals surface area contributed by atoms with E-state index < -0.39 is 0 Å². The van der Waals surface area contributed by atoms with Crippen molar-refractivity contribution in [2.24, 2.45) is 5.73 Å². The number of carbonyl (C=O) groups excluding carboxylic acids is 1. The van der Waals surface area contributed by atoms with Crippen LogP contribution in [0.25, 0.3) is 0 Å². The number of nitrogens with one attached hydrogen (secondary N) is 1. The Morgan fingerprint density at radius 2 is 1.92 bits per heavy atom. The van der Waals surface area contributed by atoms with E-state index in [1.165, 1.54) is 0 Å². The molecular weight excluding hydrogens is 324 g/mol. The topological polar surface area (TPSA) is 82.2 Å². The van der Waals surface area contributed by atoms with E-state index in [1.807, 2.05) is 48.5 Å². The van der Waals surface area contributed by atoms with Gasteiger partial charge in [0.05, 0.1) is 11.6 Å². The standard InChI is InChI=1S/C21H22N4O/c22-12-17-7-4-8-18(11-17)14-25-10-9-19(20(23)15-25)21(26)24-13-16-5-2-1-3-6-16/h1-8,11H,9-10,13-15,23H2,(H,24,26). The molecule has 0 saturated carbocycles. The number of nitriles is 1. The first-order valence-corrected chi connectivity index (χ1v) is 8.66. The summed E-state index contributed by atoms with van der Waals surface area (Å²) in [6.07, 6.45) is 0.629. The maximum absolute atomic E-state index is 12.4. The summed E-state index contributed by atoms with van der Waals surface area (Å²) in [5, 5.41) is 12.0. The highest BCUT2D eigenvalue weighted by atomic mass is 16.1. The molecule has 2 aromatic carbocycles. The second-order valence-corrected chi connectivity index (χ2v) is 6.44. The molecule has 0 fully saturated rings. The lowest BCUT2D eigenvalue weighted by Crippen LogP contribution is -2.38. The van der Waals surface area contributed by atoms with E-state index in [2.05, 4.69) is 16.3 Å². The molecule has 1 amide bonds. The van der Waals surface area contributed by atoms with Gasteiger partial charge in [0.1, 0.15) is 0 Å². The van der Waals surface area contributed by atoms with Crippen molar-refractivity contribution in [1.29, 1.82) is 5.26 Å². The van der Waals surface area contributed by atoms with Gasteiger partial charge in [0.25, 0.3) is 0 Å². The Balaban J connectivity index is 1.58. The minimum absolute atomic E-state index is 0.0857. The van der Waals surface area contributed by atoms with Crippen molar-refractivity contribution in [1.82, 2.24) is 10.2 Å². The molecule has 5 heteroatoms. The zero-order chi connectivity index (χ0) is 18.4. The van der Waals surface area contributed by atoms with E-state index in [4.69, 9.17) is 11.0 Å². The molecule has 3 rings (SSSR count). The summed E-state index contributed by atoms with van der Waals surface area (Å²) in [4.78, 5) is 14.6. The van der Waals surface area contributed by atoms with Crippen LogP contribution in [0.3, 0.4) is 0 Å². The second kappa shape index (κ2) is 8.32. The third kappa shape index (κ3) is 4.50. The van der Waals surface area contributed by atoms with Gasteiger partial charge in [0.2, 0.25) is 5.91 Å². The van der Waals surface area contributed by atoms with E-state index >= 15 is 0 Å². The van der Waals surface area contributed by atoms with Crippen molar-refractivity contribution in [3.8, 4) is 6.07 Å². The Bertz CT molecular complexity index is 852. The number of rotatable bonds is 5. The lowest BCUT2D eigenvalue weighted by Gasteiger charge is -2.28. The predicted octanol–water partition coefficient (Wildman–Crippen LogP) is 2.29. The van der Waals surface area contributed by atoms with E-state index in [-0.39, 0.29) is 5.91 Å². The molecule has 0 saturated heterocycles. The van der Waals surface area contributed by atoms with Gasteiger partial charge in [-0.2, -0.15) is 5.26 Å². The fraction of sp³-hybridized carbons (Fsp3) is 0.238. The molecule has 0 aliphatic carbocycles. The summed E-state index contributed by atoms with van der Waals surface area (Å²) in [5.74, 6) is -0.0857. The Labute approximate surface area is 153 Å². The highest BCUT2D eigenvalue weighted by Gasteiger charge is 2.22. The fourth-order valence-corrected chi connectivity index (χ4v) is 3.12. The maximum Gasteiger partial charge on any atom is 0.249 e. The molecule has 5 nitrogen and oxygen atoms in total. The molecule has 2 aromatic rings. The summed E-state index contributed by atoms with van der Waals surface area (Å²) in [6, 6.07) is 19.6. The van der Waals surface area contributed by atoms with Gasteiger partial charge in [-0.3, -0.25) is 9.69 Å². The number of carbonyl (C=O) groups is 1. The highest BCUT2D eigenvalue weighted by Crippen LogP contribution is 2.18. The van der Waals surface area contributed by atoms with Crippen LogP contribution in [-0.2, 0) is 17.9 Å². The van der Waals surface area contributed by atoms with Crippen LogP contribution in [0.2, 0.25) is 0 Å². The van der Waals surface area contributed by atoms with Gasteiger partial charge in [-0.1, -0.05) is 42.5 Å². The van der Waals surface area contributed by atoms with Crippen molar-refractivity contribution in [2.45, 2.75) is 19.5 Å². The van der Waals surface area contributed by atoms with Crippen LogP contribution in [0.1, 0.15) is 23.1 Å². The lowest BCUT2D eigenvalue weighted by atomic mass is 10.0. The summed E-state index contributed by atoms with van der Waals surface area (Å²) < 4.78 is 0. The van der Waals surface area contributed by atoms with Crippen LogP contribution in [-0.4, -0.2) is 23.9 Å². The highest BCUT2D eigenvalue weighted by molar-refractivity contribution is 5.94. The number of nitrogens with zero attached hydrogens (tertiary/aromatic N) is 2. The molecule has 0 spiro atoms. The summed E-state index contributed by atoms with van der Waals surface area (Å²) >= 11 is 0. The summed E-state index contributed by atoms with van der Waals surface area (Å²) in [6.45, 7) is 2.55. The Morgan fingerprint density at radius 1 is 1.15 bits per heavy atom. The molecule has 0 bridgehead atoms. The zero-order valence-corrected chi connectivity index (χ0v) is 14.6. The Kier molecular flexibility index (Phi) is 5.67. The summed E-state index contributed by atoms with van der Waals surface area (Å²) in [5.41, 5.74) is 10.3. The average molecular weight is 346 g/mol. The molecular formula is C21H22N4O. The average Bonchev–Trinajstić information content (AvgIpc) is 2.67. The minimum Gasteiger partial charge on any atom is -0.401 e. The lowest BCUT2D eigenvalue weighted by molar-refractivity contribution is -0.118. The third-order valence-corrected chi connectivity index (χ3v) is 4.49. The molecule has 0 aromatic heterocycles. The molecule has 132 valence electrons. The first-order valence-electron chi connectivity index (χ1n) is 8.66. The van der Waals surface area contributed by atoms with Crippen molar-refractivity contribution in [3.63, 3.8) is 0 Å². The van der Waals surface area contributed by atoms with Gasteiger partial charge in [-0.25, -0.2) is 0 Å². The normalized spacial score (nSPS) is 14.7. The Hall–Kier alpha value is -3.10. The van der Waals surface area contributed by atoms with Crippen LogP contribution in [0.4, 0.5) is 0 Å². The van der Waals surface area contributed by atoms with Crippen LogP contribution >= 0.6 is 0 Å². The fourth-order valence-electron chi connectivity index (χ4n) is 3.12. The van der Waals surface area contributed by atoms with Crippen molar-refractivity contribution in [2.75, 3.05) is 13.1 Å². The number of hydrogen-bond acceptors (Lipinski definition) is 4. The largest absolute Gasteiger partial charge is 0.401 e. The molecule has 1 heterocycles. The third-order valence-electron chi connectivity index (χ3n) is 4.49. The van der Waals surface area contributed by atoms with Gasteiger partial charge < -0.3 is 11.1 Å². The molecule has 0 radical (unpaired) electrons. The van der Waals surface area contributed by atoms with Gasteiger partial charge in [-0.15, -0.1) is 0 Å². The molecule has 1 aliphatic heterocycles. The van der Waals surface area contributed by atoms with Crippen molar-refractivity contribution >= 4 is 5.91 Å².